The largest absolute Gasteiger partial charge is 0.304 e. The number of aryl methyl sites for hydroxylation is 1. The predicted octanol–water partition coefficient (Wildman–Crippen LogP) is 3.30. The third kappa shape index (κ3) is 2.90. The van der Waals surface area contributed by atoms with Gasteiger partial charge in [-0.3, -0.25) is 4.98 Å². The maximum Gasteiger partial charge on any atom is 0.0570 e. The van der Waals surface area contributed by atoms with Gasteiger partial charge in [0.05, 0.1) is 5.69 Å². The summed E-state index contributed by atoms with van der Waals surface area (Å²) in [4.78, 5) is 7.08. The lowest BCUT2D eigenvalue weighted by atomic mass is 10.2. The van der Waals surface area contributed by atoms with Gasteiger partial charge in [-0.15, -0.1) is 11.3 Å². The van der Waals surface area contributed by atoms with Crippen LogP contribution in [0.4, 0.5) is 0 Å². The summed E-state index contributed by atoms with van der Waals surface area (Å²) in [6.45, 7) is 5.19. The highest BCUT2D eigenvalue weighted by Crippen LogP contribution is 2.16. The molecule has 0 amide bonds. The van der Waals surface area contributed by atoms with Crippen molar-refractivity contribution in [2.24, 2.45) is 0 Å². The van der Waals surface area contributed by atoms with E-state index in [2.05, 4.69) is 42.3 Å². The molecule has 0 saturated heterocycles. The molecule has 16 heavy (non-hydrogen) atoms. The smallest absolute Gasteiger partial charge is 0.0570 e. The van der Waals surface area contributed by atoms with E-state index in [1.807, 2.05) is 29.7 Å². The van der Waals surface area contributed by atoms with Crippen molar-refractivity contribution >= 4 is 11.3 Å². The van der Waals surface area contributed by atoms with Gasteiger partial charge >= 0.3 is 0 Å². The molecule has 1 atom stereocenters. The van der Waals surface area contributed by atoms with Gasteiger partial charge in [-0.2, -0.15) is 0 Å². The third-order valence-electron chi connectivity index (χ3n) is 2.51. The van der Waals surface area contributed by atoms with Crippen molar-refractivity contribution in [1.29, 1.82) is 0 Å². The molecule has 0 bridgehead atoms. The first kappa shape index (κ1) is 11.3. The Morgan fingerprint density at radius 3 is 2.81 bits per heavy atom. The normalized spacial score (nSPS) is 12.6. The van der Waals surface area contributed by atoms with E-state index < -0.39 is 0 Å². The molecule has 0 saturated carbocycles. The molecule has 0 aliphatic heterocycles. The van der Waals surface area contributed by atoms with E-state index in [9.17, 15) is 0 Å². The van der Waals surface area contributed by atoms with Crippen LogP contribution in [-0.4, -0.2) is 4.98 Å². The number of aromatic nitrogens is 1. The molecule has 2 aromatic rings. The van der Waals surface area contributed by atoms with Crippen molar-refractivity contribution in [3.8, 4) is 0 Å². The first-order chi connectivity index (χ1) is 7.75. The number of rotatable bonds is 4. The van der Waals surface area contributed by atoms with Crippen LogP contribution < -0.4 is 5.32 Å². The predicted molar refractivity (Wildman–Crippen MR) is 68.5 cm³/mol. The molecule has 0 aliphatic carbocycles. The van der Waals surface area contributed by atoms with Crippen LogP contribution in [-0.2, 0) is 6.54 Å². The fraction of sp³-hybridized carbons (Fsp3) is 0.308. The van der Waals surface area contributed by atoms with E-state index in [1.165, 1.54) is 9.75 Å². The number of thiophene rings is 1. The maximum absolute atomic E-state index is 4.34. The minimum Gasteiger partial charge on any atom is -0.304 e. The van der Waals surface area contributed by atoms with Crippen LogP contribution in [0.15, 0.2) is 36.5 Å². The van der Waals surface area contributed by atoms with E-state index in [-0.39, 0.29) is 0 Å². The summed E-state index contributed by atoms with van der Waals surface area (Å²) in [5, 5.41) is 3.48. The van der Waals surface area contributed by atoms with Gasteiger partial charge in [0, 0.05) is 28.5 Å². The molecule has 2 nitrogen and oxygen atoms in total. The molecule has 0 fully saturated rings. The minimum absolute atomic E-state index is 0.295. The molecule has 3 heteroatoms. The van der Waals surface area contributed by atoms with Crippen LogP contribution in [0, 0.1) is 6.92 Å². The Labute approximate surface area is 100 Å². The van der Waals surface area contributed by atoms with Crippen molar-refractivity contribution < 1.29 is 0 Å². The van der Waals surface area contributed by atoms with Crippen LogP contribution >= 0.6 is 11.3 Å². The van der Waals surface area contributed by atoms with E-state index in [4.69, 9.17) is 0 Å². The van der Waals surface area contributed by atoms with Gasteiger partial charge < -0.3 is 5.32 Å². The summed E-state index contributed by atoms with van der Waals surface area (Å²) in [7, 11) is 0. The van der Waals surface area contributed by atoms with Gasteiger partial charge in [0.25, 0.3) is 0 Å². The molecule has 0 aliphatic rings. The molecule has 1 N–H and O–H groups in total. The number of nitrogens with one attached hydrogen (secondary N) is 1. The molecule has 0 unspecified atom stereocenters. The zero-order chi connectivity index (χ0) is 11.4. The summed E-state index contributed by atoms with van der Waals surface area (Å²) >= 11 is 1.84. The molecule has 2 aromatic heterocycles. The second-order valence-electron chi connectivity index (χ2n) is 3.87. The average Bonchev–Trinajstić information content (AvgIpc) is 2.73. The van der Waals surface area contributed by atoms with E-state index in [0.29, 0.717) is 6.04 Å². The van der Waals surface area contributed by atoms with Crippen LogP contribution in [0.1, 0.15) is 28.4 Å². The second kappa shape index (κ2) is 5.23. The van der Waals surface area contributed by atoms with Crippen molar-refractivity contribution in [3.63, 3.8) is 0 Å². The Kier molecular flexibility index (Phi) is 3.70. The molecule has 2 heterocycles. The molecule has 0 spiro atoms. The van der Waals surface area contributed by atoms with Crippen LogP contribution in [0.25, 0.3) is 0 Å². The summed E-state index contributed by atoms with van der Waals surface area (Å²) in [5.41, 5.74) is 1.09. The Bertz CT molecular complexity index is 436. The van der Waals surface area contributed by atoms with E-state index in [0.717, 1.165) is 12.2 Å². The van der Waals surface area contributed by atoms with E-state index >= 15 is 0 Å². The minimum atomic E-state index is 0.295. The standard InChI is InChI=1S/C13H16N2S/c1-10-6-7-12(16-10)9-15-11(2)13-5-3-4-8-14-13/h3-8,11,15H,9H2,1-2H3/t11-/m1/s1. The zero-order valence-corrected chi connectivity index (χ0v) is 10.4. The van der Waals surface area contributed by atoms with Crippen molar-refractivity contribution in [2.45, 2.75) is 26.4 Å². The van der Waals surface area contributed by atoms with Gasteiger partial charge in [0.15, 0.2) is 0 Å². The van der Waals surface area contributed by atoms with Gasteiger partial charge in [-0.05, 0) is 38.1 Å². The number of hydrogen-bond donors (Lipinski definition) is 1. The Morgan fingerprint density at radius 2 is 2.19 bits per heavy atom. The molecular formula is C13H16N2S. The molecule has 0 radical (unpaired) electrons. The summed E-state index contributed by atoms with van der Waals surface area (Å²) in [6, 6.07) is 10.7. The van der Waals surface area contributed by atoms with Gasteiger partial charge in [0.2, 0.25) is 0 Å². The lowest BCUT2D eigenvalue weighted by molar-refractivity contribution is 0.565. The molecule has 84 valence electrons. The molecular weight excluding hydrogens is 216 g/mol. The molecule has 0 aromatic carbocycles. The Morgan fingerprint density at radius 1 is 1.31 bits per heavy atom. The summed E-state index contributed by atoms with van der Waals surface area (Å²) < 4.78 is 0. The highest BCUT2D eigenvalue weighted by Gasteiger charge is 2.05. The summed E-state index contributed by atoms with van der Waals surface area (Å²) in [5.74, 6) is 0. The Balaban J connectivity index is 1.91. The molecule has 2 rings (SSSR count). The zero-order valence-electron chi connectivity index (χ0n) is 9.60. The first-order valence-corrected chi connectivity index (χ1v) is 6.27. The summed E-state index contributed by atoms with van der Waals surface area (Å²) in [6.07, 6.45) is 1.84. The maximum atomic E-state index is 4.34. The second-order valence-corrected chi connectivity index (χ2v) is 5.24. The van der Waals surface area contributed by atoms with Crippen molar-refractivity contribution in [2.75, 3.05) is 0 Å². The quantitative estimate of drug-likeness (QED) is 0.875. The van der Waals surface area contributed by atoms with Gasteiger partial charge in [-0.25, -0.2) is 0 Å². The topological polar surface area (TPSA) is 24.9 Å². The third-order valence-corrected chi connectivity index (χ3v) is 3.51. The van der Waals surface area contributed by atoms with Crippen LogP contribution in [0.2, 0.25) is 0 Å². The SMILES string of the molecule is Cc1ccc(CN[C@H](C)c2ccccn2)s1. The highest BCUT2D eigenvalue weighted by atomic mass is 32.1. The number of pyridine rings is 1. The lowest BCUT2D eigenvalue weighted by Crippen LogP contribution is -2.18. The lowest BCUT2D eigenvalue weighted by Gasteiger charge is -2.11. The number of hydrogen-bond acceptors (Lipinski definition) is 3. The van der Waals surface area contributed by atoms with Crippen molar-refractivity contribution in [3.05, 3.63) is 52.0 Å². The fourth-order valence-electron chi connectivity index (χ4n) is 1.57. The van der Waals surface area contributed by atoms with Gasteiger partial charge in [-0.1, -0.05) is 6.07 Å². The van der Waals surface area contributed by atoms with Crippen LogP contribution in [0.5, 0.6) is 0 Å². The highest BCUT2D eigenvalue weighted by molar-refractivity contribution is 7.11. The Hall–Kier alpha value is -1.19. The van der Waals surface area contributed by atoms with Gasteiger partial charge in [0.1, 0.15) is 0 Å². The van der Waals surface area contributed by atoms with Crippen LogP contribution in [0.3, 0.4) is 0 Å². The first-order valence-electron chi connectivity index (χ1n) is 5.45. The monoisotopic (exact) mass is 232 g/mol. The van der Waals surface area contributed by atoms with E-state index in [1.54, 1.807) is 0 Å². The fourth-order valence-corrected chi connectivity index (χ4v) is 2.41. The number of nitrogens with zero attached hydrogens (tertiary/aromatic N) is 1. The van der Waals surface area contributed by atoms with Crippen molar-refractivity contribution in [1.82, 2.24) is 10.3 Å². The average molecular weight is 232 g/mol.